The first-order valence-corrected chi connectivity index (χ1v) is 4.17. The summed E-state index contributed by atoms with van der Waals surface area (Å²) in [7, 11) is 0. The Labute approximate surface area is 70.3 Å². The van der Waals surface area contributed by atoms with Gasteiger partial charge >= 0.3 is 6.01 Å². The first-order valence-electron chi connectivity index (χ1n) is 4.17. The van der Waals surface area contributed by atoms with Gasteiger partial charge in [0.15, 0.2) is 0 Å². The lowest BCUT2D eigenvalue weighted by molar-refractivity contribution is 0.505. The van der Waals surface area contributed by atoms with Crippen molar-refractivity contribution in [2.24, 2.45) is 5.73 Å². The van der Waals surface area contributed by atoms with Crippen molar-refractivity contribution in [1.82, 2.24) is 10.2 Å². The zero-order valence-electron chi connectivity index (χ0n) is 6.79. The minimum Gasteiger partial charge on any atom is -0.408 e. The van der Waals surface area contributed by atoms with Crippen molar-refractivity contribution in [3.05, 3.63) is 5.89 Å². The molecule has 5 nitrogen and oxygen atoms in total. The lowest BCUT2D eigenvalue weighted by Crippen LogP contribution is -2.02. The van der Waals surface area contributed by atoms with Crippen molar-refractivity contribution in [3.63, 3.8) is 0 Å². The maximum absolute atomic E-state index is 5.34. The van der Waals surface area contributed by atoms with Crippen LogP contribution < -0.4 is 11.1 Å². The van der Waals surface area contributed by atoms with Crippen molar-refractivity contribution in [2.45, 2.75) is 25.3 Å². The third kappa shape index (κ3) is 1.73. The molecule has 5 heteroatoms. The fraction of sp³-hybridized carbons (Fsp3) is 0.714. The van der Waals surface area contributed by atoms with Crippen LogP contribution in [0.25, 0.3) is 0 Å². The van der Waals surface area contributed by atoms with Gasteiger partial charge in [-0.15, -0.1) is 5.10 Å². The number of aromatic nitrogens is 2. The highest BCUT2D eigenvalue weighted by molar-refractivity contribution is 5.22. The van der Waals surface area contributed by atoms with Crippen LogP contribution in [0.1, 0.15) is 18.7 Å². The number of nitrogens with zero attached hydrogens (tertiary/aromatic N) is 2. The summed E-state index contributed by atoms with van der Waals surface area (Å²) in [5.74, 6) is 0.612. The van der Waals surface area contributed by atoms with Gasteiger partial charge in [0, 0.05) is 19.0 Å². The summed E-state index contributed by atoms with van der Waals surface area (Å²) in [6, 6.07) is 1.08. The van der Waals surface area contributed by atoms with E-state index in [-0.39, 0.29) is 0 Å². The van der Waals surface area contributed by atoms with Crippen molar-refractivity contribution in [3.8, 4) is 0 Å². The molecule has 0 amide bonds. The third-order valence-corrected chi connectivity index (χ3v) is 1.73. The van der Waals surface area contributed by atoms with E-state index in [1.165, 1.54) is 12.8 Å². The largest absolute Gasteiger partial charge is 0.408 e. The van der Waals surface area contributed by atoms with Crippen LogP contribution in [-0.4, -0.2) is 22.8 Å². The van der Waals surface area contributed by atoms with Gasteiger partial charge in [-0.25, -0.2) is 0 Å². The molecule has 66 valence electrons. The van der Waals surface area contributed by atoms with E-state index in [0.717, 1.165) is 0 Å². The molecule has 12 heavy (non-hydrogen) atoms. The van der Waals surface area contributed by atoms with Gasteiger partial charge < -0.3 is 15.5 Å². The molecule has 0 aliphatic heterocycles. The predicted octanol–water partition coefficient (Wildman–Crippen LogP) is 0.145. The van der Waals surface area contributed by atoms with Crippen LogP contribution in [0.15, 0.2) is 4.42 Å². The van der Waals surface area contributed by atoms with E-state index in [0.29, 0.717) is 30.9 Å². The Morgan fingerprint density at radius 3 is 3.00 bits per heavy atom. The Kier molecular flexibility index (Phi) is 1.95. The summed E-state index contributed by atoms with van der Waals surface area (Å²) in [5.41, 5.74) is 5.34. The van der Waals surface area contributed by atoms with Gasteiger partial charge in [0.1, 0.15) is 0 Å². The van der Waals surface area contributed by atoms with Gasteiger partial charge in [-0.05, 0) is 12.8 Å². The smallest absolute Gasteiger partial charge is 0.315 e. The molecule has 3 N–H and O–H groups in total. The second-order valence-electron chi connectivity index (χ2n) is 2.96. The quantitative estimate of drug-likeness (QED) is 0.669. The number of nitrogens with two attached hydrogens (primary N) is 1. The van der Waals surface area contributed by atoms with E-state index in [1.54, 1.807) is 0 Å². The zero-order valence-corrected chi connectivity index (χ0v) is 6.79. The molecule has 1 aliphatic rings. The number of rotatable bonds is 4. The highest BCUT2D eigenvalue weighted by Gasteiger charge is 2.22. The summed E-state index contributed by atoms with van der Waals surface area (Å²) in [6.45, 7) is 0.547. The fourth-order valence-electron chi connectivity index (χ4n) is 0.939. The zero-order chi connectivity index (χ0) is 8.39. The minimum atomic E-state index is 0.529. The van der Waals surface area contributed by atoms with E-state index >= 15 is 0 Å². The topological polar surface area (TPSA) is 77.0 Å². The van der Waals surface area contributed by atoms with E-state index in [2.05, 4.69) is 15.5 Å². The average molecular weight is 168 g/mol. The maximum Gasteiger partial charge on any atom is 0.315 e. The Morgan fingerprint density at radius 2 is 2.33 bits per heavy atom. The van der Waals surface area contributed by atoms with E-state index in [9.17, 15) is 0 Å². The molecule has 0 atom stereocenters. The monoisotopic (exact) mass is 168 g/mol. The number of anilines is 1. The summed E-state index contributed by atoms with van der Waals surface area (Å²) in [6.07, 6.45) is 3.06. The van der Waals surface area contributed by atoms with Gasteiger partial charge in [-0.1, -0.05) is 5.10 Å². The normalized spacial score (nSPS) is 16.4. The van der Waals surface area contributed by atoms with Crippen molar-refractivity contribution >= 4 is 6.01 Å². The number of hydrogen-bond acceptors (Lipinski definition) is 5. The summed E-state index contributed by atoms with van der Waals surface area (Å²) in [5, 5.41) is 10.8. The van der Waals surface area contributed by atoms with Crippen molar-refractivity contribution in [2.75, 3.05) is 11.9 Å². The standard InChI is InChI=1S/C7H12N4O/c8-4-3-6-10-11-7(12-6)9-5-1-2-5/h5H,1-4,8H2,(H,9,11). The average Bonchev–Trinajstić information content (AvgIpc) is 2.74. The van der Waals surface area contributed by atoms with Crippen molar-refractivity contribution < 1.29 is 4.42 Å². The summed E-state index contributed by atoms with van der Waals surface area (Å²) >= 11 is 0. The molecule has 1 aliphatic carbocycles. The van der Waals surface area contributed by atoms with Crippen LogP contribution >= 0.6 is 0 Å². The molecule has 1 aromatic rings. The Hall–Kier alpha value is -1.10. The predicted molar refractivity (Wildman–Crippen MR) is 43.7 cm³/mol. The summed E-state index contributed by atoms with van der Waals surface area (Å²) < 4.78 is 5.26. The van der Waals surface area contributed by atoms with Gasteiger partial charge in [-0.3, -0.25) is 0 Å². The lowest BCUT2D eigenvalue weighted by Gasteiger charge is -1.93. The van der Waals surface area contributed by atoms with Crippen molar-refractivity contribution in [1.29, 1.82) is 0 Å². The van der Waals surface area contributed by atoms with Crippen LogP contribution in [0.5, 0.6) is 0 Å². The Balaban J connectivity index is 1.92. The third-order valence-electron chi connectivity index (χ3n) is 1.73. The Bertz CT molecular complexity index is 256. The molecule has 1 aromatic heterocycles. The van der Waals surface area contributed by atoms with Crippen LogP contribution in [0, 0.1) is 0 Å². The molecule has 0 radical (unpaired) electrons. The molecule has 0 saturated heterocycles. The summed E-state index contributed by atoms with van der Waals surface area (Å²) in [4.78, 5) is 0. The Morgan fingerprint density at radius 1 is 1.50 bits per heavy atom. The first-order chi connectivity index (χ1) is 5.88. The van der Waals surface area contributed by atoms with Crippen LogP contribution in [0.2, 0.25) is 0 Å². The molecule has 1 saturated carbocycles. The molecular weight excluding hydrogens is 156 g/mol. The minimum absolute atomic E-state index is 0.529. The molecule has 0 bridgehead atoms. The second kappa shape index (κ2) is 3.10. The van der Waals surface area contributed by atoms with E-state index < -0.39 is 0 Å². The van der Waals surface area contributed by atoms with E-state index in [4.69, 9.17) is 10.2 Å². The van der Waals surface area contributed by atoms with Gasteiger partial charge in [-0.2, -0.15) is 0 Å². The van der Waals surface area contributed by atoms with E-state index in [1.807, 2.05) is 0 Å². The number of hydrogen-bond donors (Lipinski definition) is 2. The molecule has 0 spiro atoms. The molecule has 0 aromatic carbocycles. The molecule has 1 heterocycles. The molecule has 0 unspecified atom stereocenters. The number of nitrogens with one attached hydrogen (secondary N) is 1. The molecule has 2 rings (SSSR count). The highest BCUT2D eigenvalue weighted by atomic mass is 16.4. The van der Waals surface area contributed by atoms with Gasteiger partial charge in [0.2, 0.25) is 5.89 Å². The van der Waals surface area contributed by atoms with Crippen LogP contribution in [0.4, 0.5) is 6.01 Å². The molecular formula is C7H12N4O. The SMILES string of the molecule is NCCc1nnc(NC2CC2)o1. The highest BCUT2D eigenvalue weighted by Crippen LogP contribution is 2.23. The maximum atomic E-state index is 5.34. The van der Waals surface area contributed by atoms with Gasteiger partial charge in [0.25, 0.3) is 0 Å². The second-order valence-corrected chi connectivity index (χ2v) is 2.96. The van der Waals surface area contributed by atoms with Crippen LogP contribution in [-0.2, 0) is 6.42 Å². The molecule has 1 fully saturated rings. The lowest BCUT2D eigenvalue weighted by atomic mass is 10.4. The first kappa shape index (κ1) is 7.54. The van der Waals surface area contributed by atoms with Gasteiger partial charge in [0.05, 0.1) is 0 Å². The fourth-order valence-corrected chi connectivity index (χ4v) is 0.939. The van der Waals surface area contributed by atoms with Crippen LogP contribution in [0.3, 0.4) is 0 Å².